The van der Waals surface area contributed by atoms with Crippen LogP contribution in [-0.4, -0.2) is 31.7 Å². The van der Waals surface area contributed by atoms with Crippen molar-refractivity contribution in [2.24, 2.45) is 5.92 Å². The zero-order chi connectivity index (χ0) is 20.5. The lowest BCUT2D eigenvalue weighted by molar-refractivity contribution is -0.154. The van der Waals surface area contributed by atoms with Crippen LogP contribution in [0.4, 0.5) is 0 Å². The van der Waals surface area contributed by atoms with Gasteiger partial charge < -0.3 is 4.74 Å². The van der Waals surface area contributed by atoms with Crippen molar-refractivity contribution < 1.29 is 26.7 Å². The molecule has 0 radical (unpaired) electrons. The van der Waals surface area contributed by atoms with Crippen LogP contribution in [0.3, 0.4) is 0 Å². The van der Waals surface area contributed by atoms with Crippen LogP contribution in [0, 0.1) is 5.92 Å². The van der Waals surface area contributed by atoms with Crippen molar-refractivity contribution in [2.45, 2.75) is 110 Å². The average molecular weight is 409 g/mol. The topological polar surface area (TPSA) is 89.9 Å². The SMILES string of the molecule is CCCCCCCCC(CC)COC(=O)C(CCCCCC)OS(=O)(=O)O. The lowest BCUT2D eigenvalue weighted by Gasteiger charge is -2.18. The molecule has 0 bridgehead atoms. The van der Waals surface area contributed by atoms with Crippen molar-refractivity contribution >= 4 is 16.4 Å². The van der Waals surface area contributed by atoms with Crippen LogP contribution >= 0.6 is 0 Å². The molecule has 0 aromatic heterocycles. The molecule has 2 atom stereocenters. The molecule has 0 rings (SSSR count). The summed E-state index contributed by atoms with van der Waals surface area (Å²) in [4.78, 5) is 12.2. The molecule has 2 unspecified atom stereocenters. The molecule has 0 saturated heterocycles. The highest BCUT2D eigenvalue weighted by molar-refractivity contribution is 7.80. The molecule has 0 aliphatic rings. The van der Waals surface area contributed by atoms with Crippen molar-refractivity contribution in [1.82, 2.24) is 0 Å². The van der Waals surface area contributed by atoms with E-state index in [1.807, 2.05) is 0 Å². The minimum atomic E-state index is -4.68. The molecule has 7 heteroatoms. The third-order valence-corrected chi connectivity index (χ3v) is 5.30. The van der Waals surface area contributed by atoms with E-state index in [0.717, 1.165) is 38.5 Å². The summed E-state index contributed by atoms with van der Waals surface area (Å²) in [5.41, 5.74) is 0. The van der Waals surface area contributed by atoms with Gasteiger partial charge in [0, 0.05) is 0 Å². The number of hydrogen-bond acceptors (Lipinski definition) is 5. The monoisotopic (exact) mass is 408 g/mol. The van der Waals surface area contributed by atoms with E-state index < -0.39 is 22.5 Å². The average Bonchev–Trinajstić information content (AvgIpc) is 2.61. The van der Waals surface area contributed by atoms with E-state index in [2.05, 4.69) is 25.0 Å². The molecular weight excluding hydrogens is 368 g/mol. The van der Waals surface area contributed by atoms with E-state index in [1.54, 1.807) is 0 Å². The molecular formula is C20H40O6S. The molecule has 0 aliphatic heterocycles. The fourth-order valence-corrected chi connectivity index (χ4v) is 3.49. The summed E-state index contributed by atoms with van der Waals surface area (Å²) >= 11 is 0. The fourth-order valence-electron chi connectivity index (χ4n) is 3.02. The first-order chi connectivity index (χ1) is 12.8. The number of ether oxygens (including phenoxy) is 1. The molecule has 0 saturated carbocycles. The summed E-state index contributed by atoms with van der Waals surface area (Å²) in [5, 5.41) is 0. The van der Waals surface area contributed by atoms with Gasteiger partial charge in [0.15, 0.2) is 6.10 Å². The van der Waals surface area contributed by atoms with Crippen LogP contribution in [0.5, 0.6) is 0 Å². The highest BCUT2D eigenvalue weighted by Gasteiger charge is 2.26. The zero-order valence-electron chi connectivity index (χ0n) is 17.5. The Kier molecular flexibility index (Phi) is 15.9. The third-order valence-electron chi connectivity index (χ3n) is 4.83. The maximum atomic E-state index is 12.2. The molecule has 6 nitrogen and oxygen atoms in total. The van der Waals surface area contributed by atoms with Gasteiger partial charge in [0.25, 0.3) is 0 Å². The molecule has 0 fully saturated rings. The van der Waals surface area contributed by atoms with Gasteiger partial charge >= 0.3 is 16.4 Å². The zero-order valence-corrected chi connectivity index (χ0v) is 18.3. The number of hydrogen-bond donors (Lipinski definition) is 1. The Morgan fingerprint density at radius 2 is 1.37 bits per heavy atom. The predicted molar refractivity (Wildman–Crippen MR) is 108 cm³/mol. The number of carbonyl (C=O) groups excluding carboxylic acids is 1. The number of rotatable bonds is 18. The highest BCUT2D eigenvalue weighted by Crippen LogP contribution is 2.17. The molecule has 0 aromatic carbocycles. The largest absolute Gasteiger partial charge is 0.463 e. The number of carbonyl (C=O) groups is 1. The van der Waals surface area contributed by atoms with Crippen molar-refractivity contribution in [1.29, 1.82) is 0 Å². The summed E-state index contributed by atoms with van der Waals surface area (Å²) in [6.45, 7) is 6.59. The number of unbranched alkanes of at least 4 members (excludes halogenated alkanes) is 8. The molecule has 162 valence electrons. The van der Waals surface area contributed by atoms with E-state index in [1.165, 1.54) is 32.1 Å². The van der Waals surface area contributed by atoms with E-state index in [4.69, 9.17) is 9.29 Å². The summed E-state index contributed by atoms with van der Waals surface area (Å²) in [5.74, 6) is -0.433. The lowest BCUT2D eigenvalue weighted by Crippen LogP contribution is -2.30. The fraction of sp³-hybridized carbons (Fsp3) is 0.950. The smallest absolute Gasteiger partial charge is 0.398 e. The lowest BCUT2D eigenvalue weighted by atomic mass is 9.98. The quantitative estimate of drug-likeness (QED) is 0.184. The second kappa shape index (κ2) is 16.3. The van der Waals surface area contributed by atoms with Gasteiger partial charge in [0.05, 0.1) is 6.61 Å². The summed E-state index contributed by atoms with van der Waals surface area (Å²) in [6, 6.07) is 0. The van der Waals surface area contributed by atoms with Crippen molar-refractivity contribution in [2.75, 3.05) is 6.61 Å². The van der Waals surface area contributed by atoms with Crippen molar-refractivity contribution in [3.63, 3.8) is 0 Å². The van der Waals surface area contributed by atoms with Crippen LogP contribution in [0.2, 0.25) is 0 Å². The first-order valence-electron chi connectivity index (χ1n) is 10.7. The van der Waals surface area contributed by atoms with Gasteiger partial charge in [-0.25, -0.2) is 8.98 Å². The van der Waals surface area contributed by atoms with Crippen LogP contribution < -0.4 is 0 Å². The molecule has 0 heterocycles. The van der Waals surface area contributed by atoms with Crippen LogP contribution in [0.15, 0.2) is 0 Å². The Morgan fingerprint density at radius 1 is 0.852 bits per heavy atom. The van der Waals surface area contributed by atoms with E-state index in [9.17, 15) is 13.2 Å². The maximum absolute atomic E-state index is 12.2. The minimum Gasteiger partial charge on any atom is -0.463 e. The second-order valence-corrected chi connectivity index (χ2v) is 8.37. The standard InChI is InChI=1S/C20H40O6S/c1-4-7-9-11-12-13-15-18(6-3)17-25-20(21)19(26-27(22,23)24)16-14-10-8-5-2/h18-19H,4-17H2,1-3H3,(H,22,23,24). The minimum absolute atomic E-state index is 0.229. The molecule has 0 spiro atoms. The van der Waals surface area contributed by atoms with Gasteiger partial charge in [-0.1, -0.05) is 91.4 Å². The molecule has 0 aliphatic carbocycles. The Balaban J connectivity index is 4.31. The Hall–Kier alpha value is -0.660. The number of esters is 1. The Morgan fingerprint density at radius 3 is 1.93 bits per heavy atom. The van der Waals surface area contributed by atoms with E-state index in [0.29, 0.717) is 6.42 Å². The molecule has 0 aromatic rings. The Bertz CT molecular complexity index is 463. The summed E-state index contributed by atoms with van der Waals surface area (Å²) in [6.07, 6.45) is 11.8. The van der Waals surface area contributed by atoms with Gasteiger partial charge in [0.2, 0.25) is 0 Å². The summed E-state index contributed by atoms with van der Waals surface area (Å²) in [7, 11) is -4.68. The van der Waals surface area contributed by atoms with Crippen LogP contribution in [0.25, 0.3) is 0 Å². The predicted octanol–water partition coefficient (Wildman–Crippen LogP) is 5.46. The second-order valence-electron chi connectivity index (χ2n) is 7.32. The Labute approximate surface area is 166 Å². The van der Waals surface area contributed by atoms with Gasteiger partial charge in [-0.2, -0.15) is 8.42 Å². The third kappa shape index (κ3) is 16.0. The van der Waals surface area contributed by atoms with E-state index >= 15 is 0 Å². The van der Waals surface area contributed by atoms with Crippen molar-refractivity contribution in [3.8, 4) is 0 Å². The van der Waals surface area contributed by atoms with Gasteiger partial charge in [-0.3, -0.25) is 4.55 Å². The molecule has 0 amide bonds. The maximum Gasteiger partial charge on any atom is 0.398 e. The van der Waals surface area contributed by atoms with Crippen LogP contribution in [0.1, 0.15) is 104 Å². The van der Waals surface area contributed by atoms with E-state index in [-0.39, 0.29) is 18.9 Å². The van der Waals surface area contributed by atoms with Gasteiger partial charge in [-0.05, 0) is 18.8 Å². The molecule has 27 heavy (non-hydrogen) atoms. The first kappa shape index (κ1) is 26.3. The van der Waals surface area contributed by atoms with Crippen molar-refractivity contribution in [3.05, 3.63) is 0 Å². The van der Waals surface area contributed by atoms with Gasteiger partial charge in [0.1, 0.15) is 0 Å². The van der Waals surface area contributed by atoms with Crippen LogP contribution in [-0.2, 0) is 24.1 Å². The van der Waals surface area contributed by atoms with Gasteiger partial charge in [-0.15, -0.1) is 0 Å². The molecule has 1 N–H and O–H groups in total. The highest BCUT2D eigenvalue weighted by atomic mass is 32.3. The summed E-state index contributed by atoms with van der Waals surface area (Å²) < 4.78 is 40.8. The normalized spacial score (nSPS) is 14.1. The first-order valence-corrected chi connectivity index (χ1v) is 12.0.